The Morgan fingerprint density at radius 3 is 2.57 bits per heavy atom. The van der Waals surface area contributed by atoms with E-state index in [2.05, 4.69) is 19.2 Å². The number of nitrogens with one attached hydrogen (secondary N) is 1. The second-order valence-electron chi connectivity index (χ2n) is 4.06. The second kappa shape index (κ2) is 4.28. The van der Waals surface area contributed by atoms with Crippen LogP contribution < -0.4 is 5.32 Å². The number of rotatable bonds is 3. The van der Waals surface area contributed by atoms with Crippen LogP contribution in [0, 0.1) is 5.82 Å². The van der Waals surface area contributed by atoms with Crippen molar-refractivity contribution >= 4 is 11.6 Å². The monoisotopic (exact) mass is 215 g/mol. The van der Waals surface area contributed by atoms with E-state index in [-0.39, 0.29) is 16.4 Å². The highest BCUT2D eigenvalue weighted by Crippen LogP contribution is 2.19. The first kappa shape index (κ1) is 11.5. The van der Waals surface area contributed by atoms with Crippen molar-refractivity contribution in [3.05, 3.63) is 34.6 Å². The molecule has 0 heterocycles. The molecule has 0 unspecified atom stereocenters. The van der Waals surface area contributed by atoms with Gasteiger partial charge in [-0.15, -0.1) is 0 Å². The van der Waals surface area contributed by atoms with Crippen molar-refractivity contribution in [3.8, 4) is 0 Å². The molecule has 0 saturated heterocycles. The van der Waals surface area contributed by atoms with E-state index in [9.17, 15) is 4.39 Å². The fourth-order valence-corrected chi connectivity index (χ4v) is 1.45. The molecule has 0 aliphatic carbocycles. The van der Waals surface area contributed by atoms with Gasteiger partial charge in [0.2, 0.25) is 0 Å². The number of hydrogen-bond donors (Lipinski definition) is 1. The third-order valence-electron chi connectivity index (χ3n) is 2.31. The van der Waals surface area contributed by atoms with Crippen molar-refractivity contribution < 1.29 is 4.39 Å². The highest BCUT2D eigenvalue weighted by molar-refractivity contribution is 6.30. The number of halogens is 2. The Bertz CT molecular complexity index is 323. The Hall–Kier alpha value is -0.600. The molecule has 1 aromatic carbocycles. The topological polar surface area (TPSA) is 12.0 Å². The van der Waals surface area contributed by atoms with E-state index in [4.69, 9.17) is 11.6 Å². The molecule has 0 aliphatic heterocycles. The van der Waals surface area contributed by atoms with Crippen LogP contribution >= 0.6 is 11.6 Å². The Kier molecular flexibility index (Phi) is 3.51. The van der Waals surface area contributed by atoms with E-state index in [1.165, 1.54) is 6.07 Å². The summed E-state index contributed by atoms with van der Waals surface area (Å²) in [5.74, 6) is -0.363. The maximum Gasteiger partial charge on any atom is 0.141 e. The summed E-state index contributed by atoms with van der Waals surface area (Å²) >= 11 is 5.69. The molecule has 0 aromatic heterocycles. The standard InChI is InChI=1S/C11H15ClFN/c1-11(2,14-3)7-8-4-5-10(13)9(12)6-8/h4-6,14H,7H2,1-3H3. The van der Waals surface area contributed by atoms with Gasteiger partial charge in [-0.3, -0.25) is 0 Å². The average Bonchev–Trinajstić information content (AvgIpc) is 2.11. The highest BCUT2D eigenvalue weighted by atomic mass is 35.5. The summed E-state index contributed by atoms with van der Waals surface area (Å²) < 4.78 is 12.9. The summed E-state index contributed by atoms with van der Waals surface area (Å²) in [4.78, 5) is 0. The van der Waals surface area contributed by atoms with Gasteiger partial charge in [0, 0.05) is 5.54 Å². The van der Waals surface area contributed by atoms with Crippen LogP contribution in [0.4, 0.5) is 4.39 Å². The van der Waals surface area contributed by atoms with Crippen molar-refractivity contribution in [2.75, 3.05) is 7.05 Å². The molecule has 1 nitrogen and oxygen atoms in total. The normalized spacial score (nSPS) is 11.8. The van der Waals surface area contributed by atoms with Gasteiger partial charge in [-0.25, -0.2) is 4.39 Å². The van der Waals surface area contributed by atoms with Gasteiger partial charge < -0.3 is 5.32 Å². The smallest absolute Gasteiger partial charge is 0.141 e. The summed E-state index contributed by atoms with van der Waals surface area (Å²) in [6.07, 6.45) is 0.823. The van der Waals surface area contributed by atoms with Gasteiger partial charge in [0.1, 0.15) is 5.82 Å². The van der Waals surface area contributed by atoms with Crippen LogP contribution in [0.15, 0.2) is 18.2 Å². The molecule has 0 atom stereocenters. The Morgan fingerprint density at radius 2 is 2.07 bits per heavy atom. The molecule has 1 N–H and O–H groups in total. The van der Waals surface area contributed by atoms with Crippen molar-refractivity contribution in [2.24, 2.45) is 0 Å². The third-order valence-corrected chi connectivity index (χ3v) is 2.60. The maximum atomic E-state index is 12.9. The average molecular weight is 216 g/mol. The molecule has 3 heteroatoms. The van der Waals surface area contributed by atoms with E-state index in [0.29, 0.717) is 0 Å². The van der Waals surface area contributed by atoms with Crippen molar-refractivity contribution in [1.29, 1.82) is 0 Å². The van der Waals surface area contributed by atoms with Crippen LogP contribution in [0.5, 0.6) is 0 Å². The number of benzene rings is 1. The molecule has 1 aromatic rings. The zero-order valence-corrected chi connectivity index (χ0v) is 9.45. The van der Waals surface area contributed by atoms with Gasteiger partial charge in [-0.2, -0.15) is 0 Å². The molecule has 0 spiro atoms. The van der Waals surface area contributed by atoms with Crippen LogP contribution in [0.2, 0.25) is 5.02 Å². The van der Waals surface area contributed by atoms with E-state index < -0.39 is 0 Å². The fourth-order valence-electron chi connectivity index (χ4n) is 1.25. The lowest BCUT2D eigenvalue weighted by Gasteiger charge is -2.24. The van der Waals surface area contributed by atoms with E-state index in [1.807, 2.05) is 7.05 Å². The second-order valence-corrected chi connectivity index (χ2v) is 4.47. The van der Waals surface area contributed by atoms with E-state index in [0.717, 1.165) is 12.0 Å². The zero-order chi connectivity index (χ0) is 10.8. The summed E-state index contributed by atoms with van der Waals surface area (Å²) in [5.41, 5.74) is 1.04. The number of hydrogen-bond acceptors (Lipinski definition) is 1. The van der Waals surface area contributed by atoms with Gasteiger partial charge in [0.05, 0.1) is 5.02 Å². The van der Waals surface area contributed by atoms with E-state index in [1.54, 1.807) is 12.1 Å². The molecular weight excluding hydrogens is 201 g/mol. The molecule has 14 heavy (non-hydrogen) atoms. The Morgan fingerprint density at radius 1 is 1.43 bits per heavy atom. The van der Waals surface area contributed by atoms with Gasteiger partial charge in [0.25, 0.3) is 0 Å². The van der Waals surface area contributed by atoms with Crippen LogP contribution in [0.3, 0.4) is 0 Å². The van der Waals surface area contributed by atoms with Crippen LogP contribution in [-0.4, -0.2) is 12.6 Å². The maximum absolute atomic E-state index is 12.9. The lowest BCUT2D eigenvalue weighted by Crippen LogP contribution is -2.38. The molecule has 0 aliphatic rings. The molecule has 0 saturated carbocycles. The molecular formula is C11H15ClFN. The largest absolute Gasteiger partial charge is 0.314 e. The number of likely N-dealkylation sites (N-methyl/N-ethyl adjacent to an activating group) is 1. The summed E-state index contributed by atoms with van der Waals surface area (Å²) in [7, 11) is 1.91. The first-order valence-corrected chi connectivity index (χ1v) is 4.95. The predicted octanol–water partition coefficient (Wildman–Crippen LogP) is 3.02. The molecule has 1 rings (SSSR count). The van der Waals surface area contributed by atoms with Crippen molar-refractivity contribution in [1.82, 2.24) is 5.32 Å². The minimum atomic E-state index is -0.363. The van der Waals surface area contributed by atoms with Crippen LogP contribution in [-0.2, 0) is 6.42 Å². The van der Waals surface area contributed by atoms with Gasteiger partial charge in [-0.05, 0) is 45.0 Å². The summed E-state index contributed by atoms with van der Waals surface area (Å²) in [6.45, 7) is 4.18. The summed E-state index contributed by atoms with van der Waals surface area (Å²) in [5, 5.41) is 3.38. The molecule has 0 amide bonds. The molecule has 0 fully saturated rings. The van der Waals surface area contributed by atoms with Crippen LogP contribution in [0.1, 0.15) is 19.4 Å². The predicted molar refractivity (Wildman–Crippen MR) is 58.3 cm³/mol. The lowest BCUT2D eigenvalue weighted by molar-refractivity contribution is 0.422. The third kappa shape index (κ3) is 2.96. The van der Waals surface area contributed by atoms with Gasteiger partial charge in [0.15, 0.2) is 0 Å². The Balaban J connectivity index is 2.83. The highest BCUT2D eigenvalue weighted by Gasteiger charge is 2.15. The fraction of sp³-hybridized carbons (Fsp3) is 0.455. The first-order valence-electron chi connectivity index (χ1n) is 4.57. The quantitative estimate of drug-likeness (QED) is 0.818. The minimum Gasteiger partial charge on any atom is -0.314 e. The van der Waals surface area contributed by atoms with Gasteiger partial charge in [-0.1, -0.05) is 17.7 Å². The SMILES string of the molecule is CNC(C)(C)Cc1ccc(F)c(Cl)c1. The summed E-state index contributed by atoms with van der Waals surface area (Å²) in [6, 6.07) is 4.85. The van der Waals surface area contributed by atoms with Crippen molar-refractivity contribution in [3.63, 3.8) is 0 Å². The lowest BCUT2D eigenvalue weighted by atomic mass is 9.95. The van der Waals surface area contributed by atoms with Crippen molar-refractivity contribution in [2.45, 2.75) is 25.8 Å². The minimum absolute atomic E-state index is 0.00115. The van der Waals surface area contributed by atoms with Gasteiger partial charge >= 0.3 is 0 Å². The Labute approximate surface area is 89.3 Å². The molecule has 0 bridgehead atoms. The zero-order valence-electron chi connectivity index (χ0n) is 8.70. The first-order chi connectivity index (χ1) is 6.44. The molecule has 78 valence electrons. The van der Waals surface area contributed by atoms with E-state index >= 15 is 0 Å². The molecule has 0 radical (unpaired) electrons. The van der Waals surface area contributed by atoms with Crippen LogP contribution in [0.25, 0.3) is 0 Å².